The maximum Gasteiger partial charge on any atom is 0.373 e. The van der Waals surface area contributed by atoms with Crippen molar-refractivity contribution in [2.24, 2.45) is 9.98 Å². The lowest BCUT2D eigenvalue weighted by Gasteiger charge is -2.21. The number of hydrogen-bond donors (Lipinski definition) is 2. The number of carboxylic acid groups (broad SMARTS) is 1. The lowest BCUT2D eigenvalue weighted by molar-refractivity contribution is -0.129. The molecule has 0 heterocycles. The average molecular weight is 212 g/mol. The van der Waals surface area contributed by atoms with E-state index in [9.17, 15) is 9.90 Å². The van der Waals surface area contributed by atoms with Gasteiger partial charge in [-0.05, 0) is 27.0 Å². The third-order valence-electron chi connectivity index (χ3n) is 2.08. The minimum atomic E-state index is -1.27. The Morgan fingerprint density at radius 3 is 2.40 bits per heavy atom. The SMILES string of the molecule is C=NC(=N/C(=C\C)C(C)(O)CC)C(=O)O. The zero-order valence-corrected chi connectivity index (χ0v) is 9.19. The first-order valence-corrected chi connectivity index (χ1v) is 4.57. The van der Waals surface area contributed by atoms with Crippen LogP contribution in [-0.2, 0) is 4.79 Å². The Bertz CT molecular complexity index is 317. The second-order valence-corrected chi connectivity index (χ2v) is 3.20. The van der Waals surface area contributed by atoms with Gasteiger partial charge < -0.3 is 10.2 Å². The molecular formula is C10H16N2O3. The number of carbonyl (C=O) groups is 1. The molecule has 0 aliphatic carbocycles. The molecule has 5 heteroatoms. The third-order valence-corrected chi connectivity index (χ3v) is 2.08. The van der Waals surface area contributed by atoms with Crippen LogP contribution in [0.3, 0.4) is 0 Å². The topological polar surface area (TPSA) is 82.2 Å². The summed E-state index contributed by atoms with van der Waals surface area (Å²) in [6.45, 7) is 8.12. The van der Waals surface area contributed by atoms with Gasteiger partial charge in [0.15, 0.2) is 0 Å². The molecule has 0 rings (SSSR count). The second-order valence-electron chi connectivity index (χ2n) is 3.20. The van der Waals surface area contributed by atoms with Gasteiger partial charge in [-0.3, -0.25) is 0 Å². The largest absolute Gasteiger partial charge is 0.475 e. The van der Waals surface area contributed by atoms with Crippen molar-refractivity contribution in [2.45, 2.75) is 32.8 Å². The number of aliphatic imine (C=N–C) groups is 2. The van der Waals surface area contributed by atoms with E-state index in [0.717, 1.165) is 0 Å². The van der Waals surface area contributed by atoms with Crippen molar-refractivity contribution < 1.29 is 15.0 Å². The molecule has 15 heavy (non-hydrogen) atoms. The molecule has 0 aromatic heterocycles. The number of hydrogen-bond acceptors (Lipinski definition) is 3. The Balaban J connectivity index is 5.20. The standard InChI is InChI=1S/C10H16N2O3/c1-5-7(10(3,15)6-2)12-8(11-4)9(13)14/h5,15H,4,6H2,1-3H3,(H,13,14)/b7-5-,12-8?. The zero-order chi connectivity index (χ0) is 12.1. The Morgan fingerprint density at radius 2 is 2.13 bits per heavy atom. The quantitative estimate of drug-likeness (QED) is 0.545. The predicted octanol–water partition coefficient (Wildman–Crippen LogP) is 1.23. The fraction of sp³-hybridized carbons (Fsp3) is 0.500. The fourth-order valence-corrected chi connectivity index (χ4v) is 0.942. The number of rotatable bonds is 3. The molecule has 2 N–H and O–H groups in total. The van der Waals surface area contributed by atoms with Crippen LogP contribution in [0.25, 0.3) is 0 Å². The van der Waals surface area contributed by atoms with Crippen LogP contribution in [0.2, 0.25) is 0 Å². The molecule has 0 aromatic rings. The van der Waals surface area contributed by atoms with Crippen LogP contribution in [0.1, 0.15) is 27.2 Å². The van der Waals surface area contributed by atoms with Crippen molar-refractivity contribution in [1.82, 2.24) is 0 Å². The lowest BCUT2D eigenvalue weighted by Crippen LogP contribution is -2.26. The van der Waals surface area contributed by atoms with Crippen molar-refractivity contribution in [3.05, 3.63) is 11.8 Å². The molecule has 0 bridgehead atoms. The van der Waals surface area contributed by atoms with Crippen LogP contribution in [0, 0.1) is 0 Å². The molecule has 0 fully saturated rings. The maximum absolute atomic E-state index is 10.6. The highest BCUT2D eigenvalue weighted by atomic mass is 16.4. The summed E-state index contributed by atoms with van der Waals surface area (Å²) in [6.07, 6.45) is 1.98. The van der Waals surface area contributed by atoms with Crippen LogP contribution >= 0.6 is 0 Å². The van der Waals surface area contributed by atoms with E-state index in [0.29, 0.717) is 6.42 Å². The van der Waals surface area contributed by atoms with Crippen LogP contribution in [-0.4, -0.2) is 34.3 Å². The highest BCUT2D eigenvalue weighted by Crippen LogP contribution is 2.21. The van der Waals surface area contributed by atoms with Crippen LogP contribution in [0.15, 0.2) is 21.8 Å². The summed E-state index contributed by atoms with van der Waals surface area (Å²) in [7, 11) is 0. The van der Waals surface area contributed by atoms with Crippen molar-refractivity contribution >= 4 is 18.5 Å². The van der Waals surface area contributed by atoms with Crippen LogP contribution < -0.4 is 0 Å². The summed E-state index contributed by atoms with van der Waals surface area (Å²) in [5.41, 5.74) is -0.880. The summed E-state index contributed by atoms with van der Waals surface area (Å²) >= 11 is 0. The van der Waals surface area contributed by atoms with E-state index in [4.69, 9.17) is 5.11 Å². The molecule has 5 nitrogen and oxygen atoms in total. The van der Waals surface area contributed by atoms with Gasteiger partial charge in [-0.15, -0.1) is 0 Å². The Labute approximate surface area is 88.9 Å². The molecule has 0 amide bonds. The number of allylic oxidation sites excluding steroid dienone is 1. The molecule has 1 atom stereocenters. The lowest BCUT2D eigenvalue weighted by atomic mass is 9.99. The molecule has 0 aliphatic rings. The number of amidine groups is 1. The van der Waals surface area contributed by atoms with Gasteiger partial charge in [0, 0.05) is 0 Å². The minimum absolute atomic E-state index is 0.273. The molecule has 0 spiro atoms. The molecule has 0 radical (unpaired) electrons. The van der Waals surface area contributed by atoms with E-state index in [2.05, 4.69) is 16.7 Å². The second kappa shape index (κ2) is 5.41. The Morgan fingerprint density at radius 1 is 1.60 bits per heavy atom. The summed E-state index contributed by atoms with van der Waals surface area (Å²) in [4.78, 5) is 17.6. The normalized spacial score (nSPS) is 17.1. The maximum atomic E-state index is 10.6. The summed E-state index contributed by atoms with van der Waals surface area (Å²) in [5.74, 6) is -1.69. The van der Waals surface area contributed by atoms with Gasteiger partial charge in [0.25, 0.3) is 0 Å². The van der Waals surface area contributed by atoms with Gasteiger partial charge in [-0.1, -0.05) is 13.0 Å². The molecule has 84 valence electrons. The predicted molar refractivity (Wildman–Crippen MR) is 59.3 cm³/mol. The summed E-state index contributed by atoms with van der Waals surface area (Å²) < 4.78 is 0. The van der Waals surface area contributed by atoms with Crippen LogP contribution in [0.5, 0.6) is 0 Å². The monoisotopic (exact) mass is 212 g/mol. The van der Waals surface area contributed by atoms with E-state index >= 15 is 0 Å². The van der Waals surface area contributed by atoms with Gasteiger partial charge in [0.05, 0.1) is 5.70 Å². The van der Waals surface area contributed by atoms with Gasteiger partial charge in [0.1, 0.15) is 5.60 Å². The van der Waals surface area contributed by atoms with E-state index < -0.39 is 17.4 Å². The average Bonchev–Trinajstić information content (AvgIpc) is 2.18. The molecule has 0 saturated heterocycles. The zero-order valence-electron chi connectivity index (χ0n) is 9.19. The van der Waals surface area contributed by atoms with E-state index in [-0.39, 0.29) is 5.70 Å². The summed E-state index contributed by atoms with van der Waals surface area (Å²) in [5, 5.41) is 18.6. The van der Waals surface area contributed by atoms with Crippen molar-refractivity contribution in [3.63, 3.8) is 0 Å². The smallest absolute Gasteiger partial charge is 0.373 e. The van der Waals surface area contributed by atoms with Gasteiger partial charge in [-0.25, -0.2) is 14.8 Å². The molecule has 0 aromatic carbocycles. The third kappa shape index (κ3) is 3.63. The van der Waals surface area contributed by atoms with Crippen LogP contribution in [0.4, 0.5) is 0 Å². The number of aliphatic hydroxyl groups is 1. The fourth-order valence-electron chi connectivity index (χ4n) is 0.942. The van der Waals surface area contributed by atoms with Gasteiger partial charge in [0.2, 0.25) is 5.84 Å². The first kappa shape index (κ1) is 13.5. The Hall–Kier alpha value is -1.49. The van der Waals surface area contributed by atoms with Gasteiger partial charge >= 0.3 is 5.97 Å². The first-order valence-electron chi connectivity index (χ1n) is 4.57. The highest BCUT2D eigenvalue weighted by Gasteiger charge is 2.24. The van der Waals surface area contributed by atoms with Crippen molar-refractivity contribution in [3.8, 4) is 0 Å². The number of nitrogens with zero attached hydrogens (tertiary/aromatic N) is 2. The van der Waals surface area contributed by atoms with Crippen molar-refractivity contribution in [1.29, 1.82) is 0 Å². The first-order chi connectivity index (χ1) is 6.88. The minimum Gasteiger partial charge on any atom is -0.475 e. The molecule has 0 aliphatic heterocycles. The highest BCUT2D eigenvalue weighted by molar-refractivity contribution is 6.35. The van der Waals surface area contributed by atoms with E-state index in [1.807, 2.05) is 0 Å². The number of carboxylic acids is 1. The van der Waals surface area contributed by atoms with E-state index in [1.165, 1.54) is 0 Å². The molecule has 1 unspecified atom stereocenters. The van der Waals surface area contributed by atoms with E-state index in [1.54, 1.807) is 26.8 Å². The number of aliphatic carboxylic acids is 1. The van der Waals surface area contributed by atoms with Crippen molar-refractivity contribution in [2.75, 3.05) is 0 Å². The molecule has 0 saturated carbocycles. The Kier molecular flexibility index (Phi) is 4.87. The molecular weight excluding hydrogens is 196 g/mol. The van der Waals surface area contributed by atoms with Gasteiger partial charge in [-0.2, -0.15) is 0 Å². The summed E-state index contributed by atoms with van der Waals surface area (Å²) in [6, 6.07) is 0.